The summed E-state index contributed by atoms with van der Waals surface area (Å²) in [7, 11) is 0. The third-order valence-electron chi connectivity index (χ3n) is 9.97. The van der Waals surface area contributed by atoms with Crippen molar-refractivity contribution in [2.75, 3.05) is 19.7 Å². The molecule has 0 aliphatic heterocycles. The maximum absolute atomic E-state index is 12.9. The monoisotopic (exact) mass is 726 g/mol. The van der Waals surface area contributed by atoms with Crippen LogP contribution in [-0.2, 0) is 14.4 Å². The van der Waals surface area contributed by atoms with E-state index in [1.165, 1.54) is 41.2 Å². The van der Waals surface area contributed by atoms with Crippen molar-refractivity contribution in [3.05, 3.63) is 118 Å². The van der Waals surface area contributed by atoms with Crippen molar-refractivity contribution in [1.82, 2.24) is 16.0 Å². The standard InChI is InChI=1S/C46H67N3O4/c1-34(25-26-40-38(5)22-17-28-46(40,8)9)19-15-20-36(3)33-43(52)49-41(44(53)48-30-31-50)24-13-14-29-47-42(51)32-35(2)18-11-10-12-23-39-37(4)21-16-27-45(39,6)7/h10-12,15,18-21,23,25-26,32-33,41,50H,13-14,16-17,22,24,27-31H2,1-9H3,(H,47,51)(H,48,53)(H,49,52)/b12-10+,18-11+,20-15+,26-25+,34-19+,35-32+,36-33+,39-23-/t41-/m1/s1. The molecule has 0 spiro atoms. The lowest BCUT2D eigenvalue weighted by molar-refractivity contribution is -0.127. The summed E-state index contributed by atoms with van der Waals surface area (Å²) in [6.45, 7) is 19.7. The van der Waals surface area contributed by atoms with Gasteiger partial charge < -0.3 is 21.1 Å². The van der Waals surface area contributed by atoms with Gasteiger partial charge in [0.2, 0.25) is 17.7 Å². The first kappa shape index (κ1) is 44.9. The van der Waals surface area contributed by atoms with Crippen LogP contribution in [0.2, 0.25) is 0 Å². The smallest absolute Gasteiger partial charge is 0.244 e. The molecular weight excluding hydrogens is 659 g/mol. The van der Waals surface area contributed by atoms with Gasteiger partial charge in [-0.25, -0.2) is 0 Å². The second kappa shape index (κ2) is 22.8. The Hall–Kier alpha value is -4.23. The van der Waals surface area contributed by atoms with E-state index >= 15 is 0 Å². The molecule has 7 heteroatoms. The Bertz CT molecular complexity index is 1590. The van der Waals surface area contributed by atoms with Crippen LogP contribution in [0.3, 0.4) is 0 Å². The summed E-state index contributed by atoms with van der Waals surface area (Å²) in [5.74, 6) is -0.888. The van der Waals surface area contributed by atoms with Crippen LogP contribution >= 0.6 is 0 Å². The van der Waals surface area contributed by atoms with Crippen molar-refractivity contribution < 1.29 is 19.5 Å². The van der Waals surface area contributed by atoms with Gasteiger partial charge in [-0.1, -0.05) is 111 Å². The molecule has 2 rings (SSSR count). The van der Waals surface area contributed by atoms with E-state index in [1.807, 2.05) is 56.4 Å². The SMILES string of the molecule is CC1=CCCC(C)(C)\C1=C/C=C/C=C/C(C)=C/C(=O)NCCCC[C@@H](NC(=O)/C=C(C)/C=C/C=C(C)/C=C/C1=C(C)CCCC1(C)C)C(=O)NCCO. The van der Waals surface area contributed by atoms with E-state index in [0.717, 1.165) is 36.0 Å². The molecule has 1 atom stereocenters. The Balaban J connectivity index is 1.86. The van der Waals surface area contributed by atoms with E-state index in [0.29, 0.717) is 25.8 Å². The zero-order valence-corrected chi connectivity index (χ0v) is 34.0. The number of nitrogens with one attached hydrogen (secondary N) is 3. The Morgan fingerprint density at radius 1 is 0.811 bits per heavy atom. The molecule has 0 bridgehead atoms. The van der Waals surface area contributed by atoms with Crippen LogP contribution in [0.5, 0.6) is 0 Å². The first-order chi connectivity index (χ1) is 25.1. The lowest BCUT2D eigenvalue weighted by Crippen LogP contribution is -2.47. The highest BCUT2D eigenvalue weighted by molar-refractivity contribution is 5.93. The summed E-state index contributed by atoms with van der Waals surface area (Å²) in [6, 6.07) is -0.757. The van der Waals surface area contributed by atoms with E-state index in [1.54, 1.807) is 6.08 Å². The largest absolute Gasteiger partial charge is 0.395 e. The van der Waals surface area contributed by atoms with Crippen molar-refractivity contribution in [3.63, 3.8) is 0 Å². The first-order valence-corrected chi connectivity index (χ1v) is 19.3. The van der Waals surface area contributed by atoms with E-state index in [-0.39, 0.29) is 41.7 Å². The number of rotatable bonds is 18. The molecule has 4 N–H and O–H groups in total. The van der Waals surface area contributed by atoms with Gasteiger partial charge in [0.15, 0.2) is 0 Å². The second-order valence-electron chi connectivity index (χ2n) is 15.8. The Morgan fingerprint density at radius 2 is 1.51 bits per heavy atom. The van der Waals surface area contributed by atoms with Crippen LogP contribution in [0.1, 0.15) is 114 Å². The Kier molecular flexibility index (Phi) is 19.3. The summed E-state index contributed by atoms with van der Waals surface area (Å²) in [5.41, 5.74) is 8.67. The number of unbranched alkanes of at least 4 members (excludes halogenated alkanes) is 1. The summed E-state index contributed by atoms with van der Waals surface area (Å²) in [6.07, 6.45) is 33.1. The quantitative estimate of drug-likeness (QED) is 0.0642. The number of carbonyl (C=O) groups excluding carboxylic acids is 3. The summed E-state index contributed by atoms with van der Waals surface area (Å²) in [4.78, 5) is 38.1. The van der Waals surface area contributed by atoms with Gasteiger partial charge in [-0.15, -0.1) is 0 Å². The van der Waals surface area contributed by atoms with Crippen LogP contribution in [0.25, 0.3) is 0 Å². The van der Waals surface area contributed by atoms with E-state index in [9.17, 15) is 19.5 Å². The molecule has 0 aromatic rings. The van der Waals surface area contributed by atoms with Crippen molar-refractivity contribution in [2.45, 2.75) is 120 Å². The third kappa shape index (κ3) is 17.0. The second-order valence-corrected chi connectivity index (χ2v) is 15.8. The van der Waals surface area contributed by atoms with Gasteiger partial charge in [0.05, 0.1) is 6.61 Å². The predicted octanol–water partition coefficient (Wildman–Crippen LogP) is 9.15. The zero-order valence-electron chi connectivity index (χ0n) is 34.0. The highest BCUT2D eigenvalue weighted by atomic mass is 16.3. The number of hydrogen-bond donors (Lipinski definition) is 4. The zero-order chi connectivity index (χ0) is 39.4. The lowest BCUT2D eigenvalue weighted by atomic mass is 9.72. The molecule has 0 unspecified atom stereocenters. The van der Waals surface area contributed by atoms with Crippen molar-refractivity contribution in [3.8, 4) is 0 Å². The molecule has 0 radical (unpaired) electrons. The fourth-order valence-corrected chi connectivity index (χ4v) is 6.87. The van der Waals surface area contributed by atoms with E-state index < -0.39 is 6.04 Å². The van der Waals surface area contributed by atoms with E-state index in [4.69, 9.17) is 0 Å². The minimum Gasteiger partial charge on any atom is -0.395 e. The molecule has 290 valence electrons. The van der Waals surface area contributed by atoms with Crippen LogP contribution in [0.4, 0.5) is 0 Å². The highest BCUT2D eigenvalue weighted by Crippen LogP contribution is 2.41. The number of allylic oxidation sites excluding steroid dienone is 18. The third-order valence-corrected chi connectivity index (χ3v) is 9.97. The van der Waals surface area contributed by atoms with Crippen molar-refractivity contribution in [2.24, 2.45) is 10.8 Å². The van der Waals surface area contributed by atoms with Gasteiger partial charge in [-0.3, -0.25) is 14.4 Å². The van der Waals surface area contributed by atoms with Crippen LogP contribution < -0.4 is 16.0 Å². The molecular formula is C46H67N3O4. The molecule has 0 fully saturated rings. The molecule has 0 saturated heterocycles. The van der Waals surface area contributed by atoms with Gasteiger partial charge in [0.25, 0.3) is 0 Å². The lowest BCUT2D eigenvalue weighted by Gasteiger charge is -2.32. The predicted molar refractivity (Wildman–Crippen MR) is 222 cm³/mol. The highest BCUT2D eigenvalue weighted by Gasteiger charge is 2.27. The minimum atomic E-state index is -0.757. The minimum absolute atomic E-state index is 0.107. The summed E-state index contributed by atoms with van der Waals surface area (Å²) < 4.78 is 0. The van der Waals surface area contributed by atoms with Crippen LogP contribution in [0.15, 0.2) is 118 Å². The van der Waals surface area contributed by atoms with Gasteiger partial charge in [0.1, 0.15) is 6.04 Å². The molecule has 53 heavy (non-hydrogen) atoms. The molecule has 0 saturated carbocycles. The number of carbonyl (C=O) groups is 3. The van der Waals surface area contributed by atoms with Gasteiger partial charge >= 0.3 is 0 Å². The van der Waals surface area contributed by atoms with Crippen LogP contribution in [0, 0.1) is 10.8 Å². The topological polar surface area (TPSA) is 108 Å². The molecule has 7 nitrogen and oxygen atoms in total. The molecule has 3 amide bonds. The molecule has 0 heterocycles. The summed E-state index contributed by atoms with van der Waals surface area (Å²) >= 11 is 0. The molecule has 0 aromatic heterocycles. The van der Waals surface area contributed by atoms with Gasteiger partial charge in [0, 0.05) is 25.2 Å². The Labute approximate surface area is 320 Å². The van der Waals surface area contributed by atoms with E-state index in [2.05, 4.69) is 88.7 Å². The fourth-order valence-electron chi connectivity index (χ4n) is 6.87. The molecule has 0 aromatic carbocycles. The fraction of sp³-hybridized carbons (Fsp3) is 0.500. The summed E-state index contributed by atoms with van der Waals surface area (Å²) in [5, 5.41) is 17.5. The number of aliphatic hydroxyl groups is 1. The van der Waals surface area contributed by atoms with Gasteiger partial charge in [-0.2, -0.15) is 0 Å². The number of hydrogen-bond acceptors (Lipinski definition) is 4. The van der Waals surface area contributed by atoms with Crippen molar-refractivity contribution in [1.29, 1.82) is 0 Å². The average molecular weight is 726 g/mol. The molecule has 2 aliphatic rings. The number of amides is 3. The van der Waals surface area contributed by atoms with Crippen LogP contribution in [-0.4, -0.2) is 48.6 Å². The number of aliphatic hydroxyl groups excluding tert-OH is 1. The molecule has 2 aliphatic carbocycles. The average Bonchev–Trinajstić information content (AvgIpc) is 3.06. The maximum Gasteiger partial charge on any atom is 0.244 e. The van der Waals surface area contributed by atoms with Gasteiger partial charge in [-0.05, 0) is 119 Å². The van der Waals surface area contributed by atoms with Crippen molar-refractivity contribution >= 4 is 17.7 Å². The Morgan fingerprint density at radius 3 is 2.19 bits per heavy atom. The maximum atomic E-state index is 12.9. The first-order valence-electron chi connectivity index (χ1n) is 19.3. The normalized spacial score (nSPS) is 19.8.